The summed E-state index contributed by atoms with van der Waals surface area (Å²) < 4.78 is 18.4. The monoisotopic (exact) mass is 668 g/mol. The lowest BCUT2D eigenvalue weighted by Crippen LogP contribution is -2.62. The smallest absolute Gasteiger partial charge is 0.135 e. The first kappa shape index (κ1) is 32.6. The van der Waals surface area contributed by atoms with Crippen LogP contribution in [0.15, 0.2) is 71.9 Å². The van der Waals surface area contributed by atoms with Crippen molar-refractivity contribution in [3.63, 3.8) is 0 Å². The molecule has 3 aliphatic rings. The largest absolute Gasteiger partial charge is 0.371 e. The third-order valence-corrected chi connectivity index (χ3v) is 10.8. The molecule has 2 aromatic carbocycles. The molecule has 7 rings (SSSR count). The van der Waals surface area contributed by atoms with Crippen molar-refractivity contribution in [3.8, 4) is 11.1 Å². The molecule has 48 heavy (non-hydrogen) atoms. The van der Waals surface area contributed by atoms with Gasteiger partial charge in [-0.2, -0.15) is 5.10 Å². The van der Waals surface area contributed by atoms with Crippen LogP contribution in [-0.4, -0.2) is 69.0 Å². The van der Waals surface area contributed by atoms with E-state index in [4.69, 9.17) is 21.7 Å². The second-order valence-corrected chi connectivity index (χ2v) is 14.2. The molecule has 0 amide bonds. The summed E-state index contributed by atoms with van der Waals surface area (Å²) in [6.45, 7) is 16.3. The summed E-state index contributed by atoms with van der Waals surface area (Å²) in [6.07, 6.45) is 11.4. The number of amidine groups is 1. The van der Waals surface area contributed by atoms with E-state index in [-0.39, 0.29) is 0 Å². The van der Waals surface area contributed by atoms with Crippen LogP contribution in [-0.2, 0) is 13.0 Å². The molecule has 3 aliphatic heterocycles. The van der Waals surface area contributed by atoms with Crippen molar-refractivity contribution < 1.29 is 4.39 Å². The highest BCUT2D eigenvalue weighted by molar-refractivity contribution is 6.36. The Hall–Kier alpha value is -3.95. The lowest BCUT2D eigenvalue weighted by atomic mass is 9.73. The predicted octanol–water partition coefficient (Wildman–Crippen LogP) is 7.71. The first-order valence-corrected chi connectivity index (χ1v) is 17.6. The second kappa shape index (κ2) is 13.2. The topological polar surface area (TPSA) is 66.5 Å². The van der Waals surface area contributed by atoms with Crippen LogP contribution in [0.5, 0.6) is 0 Å². The lowest BCUT2D eigenvalue weighted by molar-refractivity contribution is -0.00590. The van der Waals surface area contributed by atoms with Gasteiger partial charge in [0, 0.05) is 72.9 Å². The standard InChI is InChI=1S/C38H46ClFN8/c1-6-15-41-26(5)43-33(7-2)37(36-34-17-28(40)19-47(34)24-42-36)48-20-31-32(39)18-30(25(4)35(31)44-48)27-10-12-29(13-11-27)46-16-9-14-38(23-46)21-45(8-3)22-38/h6-7,10-13,15,18,20,24,28,37H,8-9,14,16-17,19,21-23H2,1-5H3,(H,41,43)/b15-6-,33-7-/t28-,37?/m1/s1. The number of rotatable bonds is 8. The fourth-order valence-corrected chi connectivity index (χ4v) is 8.29. The SMILES string of the molecule is C/C=C\N=C(C)N/C(=C\C)C(c1ncn2c1C[C@@H](F)C2)n1cc2c(Cl)cc(-c3ccc(N4CCCC5(CN(CC)C5)C4)cc3)c(C)c2n1. The number of nitrogens with one attached hydrogen (secondary N) is 1. The number of aryl methyl sites for hydroxylation is 1. The maximum absolute atomic E-state index is 14.6. The Kier molecular flexibility index (Phi) is 8.94. The van der Waals surface area contributed by atoms with Gasteiger partial charge >= 0.3 is 0 Å². The van der Waals surface area contributed by atoms with E-state index >= 15 is 0 Å². The fraction of sp³-hybridized carbons (Fsp3) is 0.447. The van der Waals surface area contributed by atoms with E-state index in [1.807, 2.05) is 48.4 Å². The summed E-state index contributed by atoms with van der Waals surface area (Å²) in [5.41, 5.74) is 8.33. The van der Waals surface area contributed by atoms with Gasteiger partial charge in [-0.3, -0.25) is 4.68 Å². The quantitative estimate of drug-likeness (QED) is 0.154. The number of allylic oxidation sites excluding steroid dienone is 3. The Morgan fingerprint density at radius 1 is 1.21 bits per heavy atom. The summed E-state index contributed by atoms with van der Waals surface area (Å²) in [5, 5.41) is 10.2. The summed E-state index contributed by atoms with van der Waals surface area (Å²) in [4.78, 5) is 14.4. The molecule has 5 heterocycles. The number of aliphatic imine (C=N–C) groups is 1. The molecule has 2 aromatic heterocycles. The Bertz CT molecular complexity index is 1900. The highest BCUT2D eigenvalue weighted by Crippen LogP contribution is 2.41. The number of hydrogen-bond acceptors (Lipinski definition) is 5. The molecule has 10 heteroatoms. The Morgan fingerprint density at radius 2 is 2.00 bits per heavy atom. The van der Waals surface area contributed by atoms with Crippen molar-refractivity contribution in [2.45, 2.75) is 72.6 Å². The second-order valence-electron chi connectivity index (χ2n) is 13.8. The molecular formula is C38H46ClFN8. The van der Waals surface area contributed by atoms with Gasteiger partial charge in [-0.25, -0.2) is 14.4 Å². The van der Waals surface area contributed by atoms with Gasteiger partial charge in [0.15, 0.2) is 0 Å². The normalized spacial score (nSPS) is 20.6. The Balaban J connectivity index is 1.22. The number of anilines is 1. The molecule has 0 aliphatic carbocycles. The number of nitrogens with zero attached hydrogens (tertiary/aromatic N) is 7. The average Bonchev–Trinajstić information content (AvgIpc) is 3.79. The van der Waals surface area contributed by atoms with Crippen LogP contribution in [0.3, 0.4) is 0 Å². The van der Waals surface area contributed by atoms with Crippen LogP contribution >= 0.6 is 11.6 Å². The number of alkyl halides is 1. The molecule has 0 bridgehead atoms. The van der Waals surface area contributed by atoms with Crippen LogP contribution in [0.4, 0.5) is 10.1 Å². The van der Waals surface area contributed by atoms with Crippen molar-refractivity contribution in [2.75, 3.05) is 37.6 Å². The molecule has 0 radical (unpaired) electrons. The summed E-state index contributed by atoms with van der Waals surface area (Å²) >= 11 is 7.03. The van der Waals surface area contributed by atoms with E-state index in [0.29, 0.717) is 23.4 Å². The van der Waals surface area contributed by atoms with Crippen molar-refractivity contribution >= 4 is 34.0 Å². The minimum Gasteiger partial charge on any atom is -0.371 e. The summed E-state index contributed by atoms with van der Waals surface area (Å²) in [6, 6.07) is 10.6. The molecular weight excluding hydrogens is 623 g/mol. The van der Waals surface area contributed by atoms with Gasteiger partial charge in [0.25, 0.3) is 0 Å². The number of piperidine rings is 1. The third-order valence-electron chi connectivity index (χ3n) is 10.4. The fourth-order valence-electron chi connectivity index (χ4n) is 8.04. The van der Waals surface area contributed by atoms with Crippen LogP contribution in [0.2, 0.25) is 5.02 Å². The van der Waals surface area contributed by atoms with E-state index < -0.39 is 12.2 Å². The van der Waals surface area contributed by atoms with Crippen LogP contribution in [0, 0.1) is 12.3 Å². The maximum Gasteiger partial charge on any atom is 0.135 e. The zero-order chi connectivity index (χ0) is 33.6. The molecule has 4 aromatic rings. The van der Waals surface area contributed by atoms with Gasteiger partial charge < -0.3 is 19.7 Å². The molecule has 252 valence electrons. The Morgan fingerprint density at radius 3 is 2.73 bits per heavy atom. The van der Waals surface area contributed by atoms with Crippen LogP contribution < -0.4 is 10.2 Å². The summed E-state index contributed by atoms with van der Waals surface area (Å²) in [5.74, 6) is 0.734. The molecule has 2 saturated heterocycles. The van der Waals surface area contributed by atoms with Gasteiger partial charge in [0.1, 0.15) is 18.0 Å². The summed E-state index contributed by atoms with van der Waals surface area (Å²) in [7, 11) is 0. The van der Waals surface area contributed by atoms with Crippen LogP contribution in [0.1, 0.15) is 63.5 Å². The maximum atomic E-state index is 14.6. The van der Waals surface area contributed by atoms with E-state index in [2.05, 4.69) is 64.3 Å². The van der Waals surface area contributed by atoms with Crippen molar-refractivity contribution in [1.82, 2.24) is 29.5 Å². The number of aromatic nitrogens is 4. The van der Waals surface area contributed by atoms with E-state index in [0.717, 1.165) is 70.1 Å². The van der Waals surface area contributed by atoms with Crippen molar-refractivity contribution in [1.29, 1.82) is 0 Å². The average molecular weight is 669 g/mol. The zero-order valence-electron chi connectivity index (χ0n) is 28.7. The number of likely N-dealkylation sites (tertiary alicyclic amines) is 1. The number of fused-ring (bicyclic) bond motifs is 2. The van der Waals surface area contributed by atoms with Crippen LogP contribution in [0.25, 0.3) is 22.0 Å². The van der Waals surface area contributed by atoms with Gasteiger partial charge in [-0.1, -0.05) is 42.8 Å². The molecule has 1 N–H and O–H groups in total. The highest BCUT2D eigenvalue weighted by atomic mass is 35.5. The first-order valence-electron chi connectivity index (χ1n) is 17.2. The lowest BCUT2D eigenvalue weighted by Gasteiger charge is -2.55. The number of hydrogen-bond donors (Lipinski definition) is 1. The molecule has 2 fully saturated rings. The van der Waals surface area contributed by atoms with E-state index in [1.165, 1.54) is 31.6 Å². The molecule has 2 atom stereocenters. The van der Waals surface area contributed by atoms with E-state index in [9.17, 15) is 4.39 Å². The van der Waals surface area contributed by atoms with Gasteiger partial charge in [0.05, 0.1) is 29.1 Å². The Labute approximate surface area is 288 Å². The molecule has 1 unspecified atom stereocenters. The predicted molar refractivity (Wildman–Crippen MR) is 195 cm³/mol. The minimum absolute atomic E-state index is 0.319. The van der Waals surface area contributed by atoms with E-state index in [1.54, 1.807) is 12.5 Å². The first-order chi connectivity index (χ1) is 23.2. The number of halogens is 2. The minimum atomic E-state index is -0.926. The van der Waals surface area contributed by atoms with Gasteiger partial charge in [0.2, 0.25) is 0 Å². The van der Waals surface area contributed by atoms with Gasteiger partial charge in [-0.05, 0) is 82.0 Å². The number of imidazole rings is 1. The zero-order valence-corrected chi connectivity index (χ0v) is 29.4. The third kappa shape index (κ3) is 5.96. The van der Waals surface area contributed by atoms with Crippen molar-refractivity contribution in [2.24, 2.45) is 10.4 Å². The highest BCUT2D eigenvalue weighted by Gasteiger charge is 2.44. The van der Waals surface area contributed by atoms with Crippen molar-refractivity contribution in [3.05, 3.63) is 88.9 Å². The molecule has 1 spiro atoms. The van der Waals surface area contributed by atoms with Gasteiger partial charge in [-0.15, -0.1) is 0 Å². The number of benzene rings is 2. The molecule has 0 saturated carbocycles. The molecule has 8 nitrogen and oxygen atoms in total.